The Morgan fingerprint density at radius 2 is 1.93 bits per heavy atom. The summed E-state index contributed by atoms with van der Waals surface area (Å²) in [5, 5.41) is 12.1. The number of rotatable bonds is 3. The first kappa shape index (κ1) is 15.4. The smallest absolute Gasteiger partial charge is 0.182 e. The number of hydrogen-bond donors (Lipinski definition) is 1. The van der Waals surface area contributed by atoms with E-state index in [1.807, 2.05) is 16.8 Å². The van der Waals surface area contributed by atoms with Crippen molar-refractivity contribution in [3.05, 3.63) is 24.5 Å². The van der Waals surface area contributed by atoms with E-state index in [1.54, 1.807) is 6.20 Å². The number of piperidine rings is 1. The summed E-state index contributed by atoms with van der Waals surface area (Å²) in [7, 11) is 0. The second-order valence-electron chi connectivity index (χ2n) is 7.35. The number of hydrogen-bond acceptors (Lipinski definition) is 7. The Labute approximate surface area is 155 Å². The van der Waals surface area contributed by atoms with E-state index >= 15 is 0 Å². The Hall–Kier alpha value is -2.65. The molecule has 2 atom stereocenters. The predicted octanol–water partition coefficient (Wildman–Crippen LogP) is 0.933. The Morgan fingerprint density at radius 1 is 1.11 bits per heavy atom. The highest BCUT2D eigenvalue weighted by atomic mass is 16.5. The molecule has 4 saturated heterocycles. The summed E-state index contributed by atoms with van der Waals surface area (Å²) in [5.41, 5.74) is 2.94. The van der Waals surface area contributed by atoms with E-state index in [9.17, 15) is 0 Å². The Bertz CT molecular complexity index is 948. The zero-order chi connectivity index (χ0) is 17.8. The first-order valence-electron chi connectivity index (χ1n) is 9.47. The Balaban J connectivity index is 1.49. The van der Waals surface area contributed by atoms with Gasteiger partial charge in [0.05, 0.1) is 37.3 Å². The Kier molecular flexibility index (Phi) is 3.38. The van der Waals surface area contributed by atoms with Crippen molar-refractivity contribution in [1.82, 2.24) is 24.8 Å². The number of anilines is 2. The van der Waals surface area contributed by atoms with E-state index < -0.39 is 0 Å². The predicted molar refractivity (Wildman–Crippen MR) is 99.1 cm³/mol. The number of morpholine rings is 2. The first-order valence-corrected chi connectivity index (χ1v) is 9.47. The molecule has 2 bridgehead atoms. The van der Waals surface area contributed by atoms with Crippen LogP contribution in [0.5, 0.6) is 0 Å². The molecule has 140 valence electrons. The fraction of sp³-hybridized carbons (Fsp3) is 0.500. The van der Waals surface area contributed by atoms with Crippen molar-refractivity contribution in [2.75, 3.05) is 49.2 Å². The van der Waals surface area contributed by atoms with Gasteiger partial charge in [-0.05, 0) is 6.07 Å². The van der Waals surface area contributed by atoms with E-state index in [2.05, 4.69) is 31.0 Å². The van der Waals surface area contributed by atoms with Crippen molar-refractivity contribution < 1.29 is 9.47 Å². The molecular formula is C18H21N7O2. The molecule has 4 aliphatic rings. The lowest BCUT2D eigenvalue weighted by Crippen LogP contribution is -2.57. The molecule has 9 nitrogen and oxygen atoms in total. The van der Waals surface area contributed by atoms with Gasteiger partial charge < -0.3 is 19.3 Å². The van der Waals surface area contributed by atoms with E-state index in [0.717, 1.165) is 67.9 Å². The van der Waals surface area contributed by atoms with Gasteiger partial charge >= 0.3 is 0 Å². The number of aromatic nitrogens is 5. The molecule has 7 heterocycles. The molecule has 0 spiro atoms. The molecule has 27 heavy (non-hydrogen) atoms. The molecule has 0 amide bonds. The van der Waals surface area contributed by atoms with Crippen LogP contribution in [-0.2, 0) is 9.47 Å². The van der Waals surface area contributed by atoms with Crippen LogP contribution in [0.2, 0.25) is 0 Å². The zero-order valence-electron chi connectivity index (χ0n) is 14.9. The second-order valence-corrected chi connectivity index (χ2v) is 7.35. The fourth-order valence-electron chi connectivity index (χ4n) is 4.26. The molecule has 3 aromatic rings. The van der Waals surface area contributed by atoms with Crippen LogP contribution in [0.4, 0.5) is 11.5 Å². The summed E-state index contributed by atoms with van der Waals surface area (Å²) < 4.78 is 13.3. The quantitative estimate of drug-likeness (QED) is 0.737. The van der Waals surface area contributed by atoms with Gasteiger partial charge in [0.15, 0.2) is 11.6 Å². The van der Waals surface area contributed by atoms with Gasteiger partial charge in [-0.3, -0.25) is 5.10 Å². The van der Waals surface area contributed by atoms with Crippen molar-refractivity contribution in [1.29, 1.82) is 0 Å². The minimum absolute atomic E-state index is 0.335. The highest BCUT2D eigenvalue weighted by Crippen LogP contribution is 2.34. The molecule has 0 saturated carbocycles. The van der Waals surface area contributed by atoms with Gasteiger partial charge in [0.1, 0.15) is 11.2 Å². The summed E-state index contributed by atoms with van der Waals surface area (Å²) in [5.74, 6) is 1.72. The molecule has 9 heteroatoms. The van der Waals surface area contributed by atoms with Crippen LogP contribution >= 0.6 is 0 Å². The number of ether oxygens (including phenoxy) is 2. The van der Waals surface area contributed by atoms with E-state index in [-0.39, 0.29) is 0 Å². The van der Waals surface area contributed by atoms with Crippen LogP contribution in [0.3, 0.4) is 0 Å². The number of fused-ring (bicyclic) bond motifs is 3. The molecule has 7 rings (SSSR count). The van der Waals surface area contributed by atoms with Gasteiger partial charge in [-0.25, -0.2) is 9.50 Å². The van der Waals surface area contributed by atoms with Gasteiger partial charge in [-0.15, -0.1) is 5.10 Å². The van der Waals surface area contributed by atoms with E-state index in [0.29, 0.717) is 12.2 Å². The maximum Gasteiger partial charge on any atom is 0.182 e. The van der Waals surface area contributed by atoms with E-state index in [4.69, 9.17) is 14.6 Å². The maximum absolute atomic E-state index is 5.80. The molecule has 1 N–H and O–H groups in total. The highest BCUT2D eigenvalue weighted by Gasteiger charge is 2.39. The average Bonchev–Trinajstić information content (AvgIpc) is 3.37. The second kappa shape index (κ2) is 5.93. The minimum atomic E-state index is 0.335. The maximum atomic E-state index is 5.80. The molecule has 4 fully saturated rings. The van der Waals surface area contributed by atoms with Gasteiger partial charge in [-0.1, -0.05) is 0 Å². The normalized spacial score (nSPS) is 25.0. The van der Waals surface area contributed by atoms with Crippen molar-refractivity contribution in [2.45, 2.75) is 18.6 Å². The molecule has 3 aromatic heterocycles. The molecule has 0 radical (unpaired) electrons. The Morgan fingerprint density at radius 3 is 2.67 bits per heavy atom. The van der Waals surface area contributed by atoms with Crippen molar-refractivity contribution in [3.63, 3.8) is 0 Å². The monoisotopic (exact) mass is 367 g/mol. The van der Waals surface area contributed by atoms with E-state index in [1.165, 1.54) is 6.42 Å². The van der Waals surface area contributed by atoms with Gasteiger partial charge in [0.2, 0.25) is 0 Å². The van der Waals surface area contributed by atoms with Gasteiger partial charge in [-0.2, -0.15) is 5.10 Å². The molecule has 0 aliphatic carbocycles. The number of aromatic amines is 1. The highest BCUT2D eigenvalue weighted by molar-refractivity contribution is 5.77. The summed E-state index contributed by atoms with van der Waals surface area (Å²) in [6, 6.07) is 4.11. The zero-order valence-corrected chi connectivity index (χ0v) is 14.9. The van der Waals surface area contributed by atoms with Crippen molar-refractivity contribution in [3.8, 4) is 11.5 Å². The largest absolute Gasteiger partial charge is 0.378 e. The van der Waals surface area contributed by atoms with Crippen molar-refractivity contribution in [2.24, 2.45) is 0 Å². The number of nitrogens with zero attached hydrogens (tertiary/aromatic N) is 6. The van der Waals surface area contributed by atoms with Crippen LogP contribution in [0, 0.1) is 0 Å². The lowest BCUT2D eigenvalue weighted by Gasteiger charge is -2.47. The summed E-state index contributed by atoms with van der Waals surface area (Å²) in [6.45, 7) is 5.01. The average molecular weight is 367 g/mol. The lowest BCUT2D eigenvalue weighted by atomic mass is 9.99. The molecule has 2 unspecified atom stereocenters. The SMILES string of the molecule is c1cc(-c2ncc3c(N4CCOCC4)cc(N4CC5CC(C4)O5)nn23)n[nH]1. The third-order valence-electron chi connectivity index (χ3n) is 5.63. The molecule has 4 aliphatic heterocycles. The summed E-state index contributed by atoms with van der Waals surface area (Å²) in [6.07, 6.45) is 5.53. The standard InChI is InChI=1S/C18H21N7O2/c1-2-20-21-14(1)18-19-9-16-15(23-3-5-26-6-4-23)8-17(22-25(16)18)24-10-12-7-13(11-24)27-12/h1-2,8-9,12-13H,3-7,10-11H2,(H,20,21). The topological polar surface area (TPSA) is 83.8 Å². The first-order chi connectivity index (χ1) is 13.3. The number of H-pyrrole nitrogens is 1. The third-order valence-corrected chi connectivity index (χ3v) is 5.63. The lowest BCUT2D eigenvalue weighted by molar-refractivity contribution is -0.133. The third kappa shape index (κ3) is 2.49. The summed E-state index contributed by atoms with van der Waals surface area (Å²) >= 11 is 0. The van der Waals surface area contributed by atoms with Crippen LogP contribution in [0.15, 0.2) is 24.5 Å². The molecular weight excluding hydrogens is 346 g/mol. The summed E-state index contributed by atoms with van der Waals surface area (Å²) in [4.78, 5) is 9.32. The molecule has 0 aromatic carbocycles. The van der Waals surface area contributed by atoms with Crippen LogP contribution < -0.4 is 9.80 Å². The van der Waals surface area contributed by atoms with Gasteiger partial charge in [0, 0.05) is 44.9 Å². The van der Waals surface area contributed by atoms with Crippen molar-refractivity contribution >= 4 is 17.0 Å². The van der Waals surface area contributed by atoms with Crippen LogP contribution in [0.1, 0.15) is 6.42 Å². The number of imidazole rings is 1. The van der Waals surface area contributed by atoms with Crippen LogP contribution in [0.25, 0.3) is 17.0 Å². The fourth-order valence-corrected chi connectivity index (χ4v) is 4.26. The van der Waals surface area contributed by atoms with Gasteiger partial charge in [0.25, 0.3) is 0 Å². The number of nitrogens with one attached hydrogen (secondary N) is 1. The van der Waals surface area contributed by atoms with Crippen LogP contribution in [-0.4, -0.2) is 76.4 Å². The minimum Gasteiger partial charge on any atom is -0.378 e.